The Morgan fingerprint density at radius 1 is 0.842 bits per heavy atom. The Morgan fingerprint density at radius 2 is 1.47 bits per heavy atom. The van der Waals surface area contributed by atoms with Crippen LogP contribution >= 0.6 is 0 Å². The monoisotopic (exact) mass is 262 g/mol. The molecule has 3 rings (SSSR count). The first-order valence-electron chi connectivity index (χ1n) is 5.67. The summed E-state index contributed by atoms with van der Waals surface area (Å²) in [4.78, 5) is 4.09. The number of fused-ring (bicyclic) bond motifs is 1. The Kier molecular flexibility index (Phi) is 2.55. The van der Waals surface area contributed by atoms with E-state index in [-0.39, 0.29) is 11.3 Å². The lowest BCUT2D eigenvalue weighted by molar-refractivity contribution is -0.199. The molecule has 0 fully saturated rings. The van der Waals surface area contributed by atoms with Gasteiger partial charge in [0.25, 0.3) is 0 Å². The smallest absolute Gasteiger partial charge is 0.234 e. The summed E-state index contributed by atoms with van der Waals surface area (Å²) in [5.74, 6) is -0.0886. The van der Waals surface area contributed by atoms with Crippen molar-refractivity contribution >= 4 is 11.0 Å². The molecule has 5 heteroatoms. The van der Waals surface area contributed by atoms with Crippen LogP contribution in [0.1, 0.15) is 0 Å². The average Bonchev–Trinajstić information content (AvgIpc) is 2.79. The molecule has 0 aliphatic carbocycles. The fraction of sp³-hybridized carbons (Fsp3) is 0.0714. The maximum Gasteiger partial charge on any atom is 0.490 e. The van der Waals surface area contributed by atoms with E-state index in [1.54, 1.807) is 48.5 Å². The standard InChI is InChI=1S/C14H9F3N2/c15-14(16,17)19-12-9-5-4-8-11(12)18-13(19)10-6-2-1-3-7-10/h1-9H. The highest BCUT2D eigenvalue weighted by molar-refractivity contribution is 5.80. The van der Waals surface area contributed by atoms with E-state index < -0.39 is 6.30 Å². The summed E-state index contributed by atoms with van der Waals surface area (Å²) in [6.07, 6.45) is -4.50. The van der Waals surface area contributed by atoms with Gasteiger partial charge in [-0.1, -0.05) is 42.5 Å². The molecule has 3 aromatic rings. The van der Waals surface area contributed by atoms with Crippen molar-refractivity contribution in [2.24, 2.45) is 0 Å². The first-order chi connectivity index (χ1) is 9.07. The molecular weight excluding hydrogens is 253 g/mol. The first kappa shape index (κ1) is 11.8. The van der Waals surface area contributed by atoms with Crippen LogP contribution in [0.2, 0.25) is 0 Å². The number of hydrogen-bond donors (Lipinski definition) is 0. The van der Waals surface area contributed by atoms with Crippen LogP contribution in [0.3, 0.4) is 0 Å². The minimum atomic E-state index is -4.50. The lowest BCUT2D eigenvalue weighted by Crippen LogP contribution is -2.17. The van der Waals surface area contributed by atoms with Crippen molar-refractivity contribution in [2.75, 3.05) is 0 Å². The zero-order valence-electron chi connectivity index (χ0n) is 9.72. The molecule has 1 aromatic heterocycles. The van der Waals surface area contributed by atoms with Crippen molar-refractivity contribution in [1.82, 2.24) is 9.55 Å². The van der Waals surface area contributed by atoms with E-state index in [0.29, 0.717) is 15.6 Å². The quantitative estimate of drug-likeness (QED) is 0.643. The van der Waals surface area contributed by atoms with Gasteiger partial charge in [-0.25, -0.2) is 9.55 Å². The van der Waals surface area contributed by atoms with Gasteiger partial charge < -0.3 is 0 Å². The van der Waals surface area contributed by atoms with E-state index in [4.69, 9.17) is 0 Å². The number of para-hydroxylation sites is 2. The van der Waals surface area contributed by atoms with Crippen LogP contribution in [0.5, 0.6) is 0 Å². The molecule has 96 valence electrons. The predicted molar refractivity (Wildman–Crippen MR) is 66.5 cm³/mol. The van der Waals surface area contributed by atoms with Gasteiger partial charge in [0.1, 0.15) is 5.82 Å². The molecule has 0 amide bonds. The topological polar surface area (TPSA) is 17.8 Å². The highest BCUT2D eigenvalue weighted by atomic mass is 19.4. The molecule has 0 N–H and O–H groups in total. The number of aromatic nitrogens is 2. The number of nitrogens with zero attached hydrogens (tertiary/aromatic N) is 2. The summed E-state index contributed by atoms with van der Waals surface area (Å²) in [6.45, 7) is 0. The van der Waals surface area contributed by atoms with Gasteiger partial charge in [0.2, 0.25) is 0 Å². The average molecular weight is 262 g/mol. The Morgan fingerprint density at radius 3 is 2.16 bits per heavy atom. The van der Waals surface area contributed by atoms with Crippen molar-refractivity contribution in [2.45, 2.75) is 6.30 Å². The van der Waals surface area contributed by atoms with Gasteiger partial charge in [0.15, 0.2) is 0 Å². The fourth-order valence-electron chi connectivity index (χ4n) is 2.06. The fourth-order valence-corrected chi connectivity index (χ4v) is 2.06. The van der Waals surface area contributed by atoms with Gasteiger partial charge in [-0.3, -0.25) is 0 Å². The Hall–Kier alpha value is -2.30. The van der Waals surface area contributed by atoms with E-state index in [0.717, 1.165) is 0 Å². The molecular formula is C14H9F3N2. The lowest BCUT2D eigenvalue weighted by atomic mass is 10.2. The number of rotatable bonds is 1. The van der Waals surface area contributed by atoms with Crippen LogP contribution < -0.4 is 0 Å². The number of benzene rings is 2. The van der Waals surface area contributed by atoms with Crippen molar-refractivity contribution in [1.29, 1.82) is 0 Å². The SMILES string of the molecule is FC(F)(F)n1c(-c2ccccc2)nc2ccccc21. The minimum Gasteiger partial charge on any atom is -0.234 e. The largest absolute Gasteiger partial charge is 0.490 e. The maximum absolute atomic E-state index is 13.2. The van der Waals surface area contributed by atoms with Gasteiger partial charge in [0.05, 0.1) is 11.0 Å². The molecule has 0 bridgehead atoms. The third-order valence-electron chi connectivity index (χ3n) is 2.85. The number of alkyl halides is 3. The van der Waals surface area contributed by atoms with Crippen molar-refractivity contribution in [3.8, 4) is 11.4 Å². The van der Waals surface area contributed by atoms with Crippen molar-refractivity contribution < 1.29 is 13.2 Å². The predicted octanol–water partition coefficient (Wildman–Crippen LogP) is 4.18. The van der Waals surface area contributed by atoms with E-state index in [2.05, 4.69) is 4.98 Å². The summed E-state index contributed by atoms with van der Waals surface area (Å²) < 4.78 is 40.0. The summed E-state index contributed by atoms with van der Waals surface area (Å²) >= 11 is 0. The van der Waals surface area contributed by atoms with Gasteiger partial charge in [-0.2, -0.15) is 0 Å². The molecule has 2 nitrogen and oxygen atoms in total. The Bertz CT molecular complexity index is 714. The highest BCUT2D eigenvalue weighted by Gasteiger charge is 2.35. The third kappa shape index (κ3) is 1.97. The zero-order valence-corrected chi connectivity index (χ0v) is 9.72. The number of halogens is 3. The second kappa shape index (κ2) is 4.12. The van der Waals surface area contributed by atoms with E-state index >= 15 is 0 Å². The summed E-state index contributed by atoms with van der Waals surface area (Å²) in [7, 11) is 0. The summed E-state index contributed by atoms with van der Waals surface area (Å²) in [6, 6.07) is 14.6. The normalized spacial score (nSPS) is 11.9. The third-order valence-corrected chi connectivity index (χ3v) is 2.85. The Labute approximate surface area is 107 Å². The lowest BCUT2D eigenvalue weighted by Gasteiger charge is -2.12. The number of hydrogen-bond acceptors (Lipinski definition) is 1. The van der Waals surface area contributed by atoms with Crippen LogP contribution in [0.15, 0.2) is 54.6 Å². The minimum absolute atomic E-state index is 0.0638. The van der Waals surface area contributed by atoms with Crippen LogP contribution in [0, 0.1) is 0 Å². The zero-order chi connectivity index (χ0) is 13.5. The molecule has 0 aliphatic rings. The van der Waals surface area contributed by atoms with Gasteiger partial charge in [0, 0.05) is 5.56 Å². The van der Waals surface area contributed by atoms with Crippen LogP contribution in [-0.2, 0) is 6.30 Å². The molecule has 2 aromatic carbocycles. The van der Waals surface area contributed by atoms with Gasteiger partial charge >= 0.3 is 6.30 Å². The van der Waals surface area contributed by atoms with E-state index in [1.165, 1.54) is 6.07 Å². The second-order valence-electron chi connectivity index (χ2n) is 4.09. The first-order valence-corrected chi connectivity index (χ1v) is 5.67. The number of imidazole rings is 1. The molecule has 0 spiro atoms. The van der Waals surface area contributed by atoms with Crippen LogP contribution in [-0.4, -0.2) is 9.55 Å². The van der Waals surface area contributed by atoms with Gasteiger partial charge in [-0.15, -0.1) is 13.2 Å². The second-order valence-corrected chi connectivity index (χ2v) is 4.09. The van der Waals surface area contributed by atoms with Gasteiger partial charge in [-0.05, 0) is 12.1 Å². The molecule has 0 unspecified atom stereocenters. The van der Waals surface area contributed by atoms with Crippen LogP contribution in [0.4, 0.5) is 13.2 Å². The van der Waals surface area contributed by atoms with Crippen molar-refractivity contribution in [3.63, 3.8) is 0 Å². The van der Waals surface area contributed by atoms with E-state index in [1.807, 2.05) is 0 Å². The molecule has 1 heterocycles. The van der Waals surface area contributed by atoms with Crippen LogP contribution in [0.25, 0.3) is 22.4 Å². The molecule has 19 heavy (non-hydrogen) atoms. The maximum atomic E-state index is 13.2. The molecule has 0 saturated heterocycles. The Balaban J connectivity index is 2.36. The molecule has 0 aliphatic heterocycles. The molecule has 0 saturated carbocycles. The highest BCUT2D eigenvalue weighted by Crippen LogP contribution is 2.34. The summed E-state index contributed by atoms with van der Waals surface area (Å²) in [5, 5.41) is 0. The molecule has 0 radical (unpaired) electrons. The molecule has 0 atom stereocenters. The summed E-state index contributed by atoms with van der Waals surface area (Å²) in [5.41, 5.74) is 0.837. The van der Waals surface area contributed by atoms with Crippen molar-refractivity contribution in [3.05, 3.63) is 54.6 Å². The van der Waals surface area contributed by atoms with E-state index in [9.17, 15) is 13.2 Å².